The van der Waals surface area contributed by atoms with E-state index in [2.05, 4.69) is 19.9 Å². The summed E-state index contributed by atoms with van der Waals surface area (Å²) in [5.74, 6) is 1.20. The molecule has 2 aromatic heterocycles. The molecule has 7 nitrogen and oxygen atoms in total. The van der Waals surface area contributed by atoms with Gasteiger partial charge in [-0.05, 0) is 38.3 Å². The number of para-hydroxylation sites is 1. The van der Waals surface area contributed by atoms with Crippen molar-refractivity contribution in [3.63, 3.8) is 0 Å². The number of hydrogen-bond acceptors (Lipinski definition) is 6. The molecule has 1 fully saturated rings. The summed E-state index contributed by atoms with van der Waals surface area (Å²) in [6.07, 6.45) is 8.26. The topological polar surface area (TPSA) is 81.1 Å². The number of hydrogen-bond donors (Lipinski definition) is 0. The summed E-state index contributed by atoms with van der Waals surface area (Å²) in [7, 11) is 0. The Morgan fingerprint density at radius 3 is 2.69 bits per heavy atom. The van der Waals surface area contributed by atoms with E-state index in [4.69, 9.17) is 4.74 Å². The van der Waals surface area contributed by atoms with Gasteiger partial charge in [0.05, 0.1) is 11.9 Å². The number of ether oxygens (including phenoxy) is 1. The standard InChI is InChI=1S/C22H23N5O2/c1-15-6-3-4-8-19(15)29-21-20(23-9-10-24-21)17-7-5-11-27(14-17)22(28)18-13-25-16(2)12-26-18/h3-4,6,8-10,12-13,17H,5,7,11,14H2,1-2H3/t17-/m0/s1. The molecular formula is C22H23N5O2. The summed E-state index contributed by atoms with van der Waals surface area (Å²) in [6.45, 7) is 5.09. The van der Waals surface area contributed by atoms with E-state index in [0.29, 0.717) is 24.7 Å². The third-order valence-electron chi connectivity index (χ3n) is 5.09. The monoisotopic (exact) mass is 389 g/mol. The first kappa shape index (κ1) is 19.0. The van der Waals surface area contributed by atoms with E-state index in [-0.39, 0.29) is 11.8 Å². The average Bonchev–Trinajstić information content (AvgIpc) is 2.76. The predicted molar refractivity (Wildman–Crippen MR) is 108 cm³/mol. The van der Waals surface area contributed by atoms with Crippen LogP contribution in [0.4, 0.5) is 0 Å². The van der Waals surface area contributed by atoms with Gasteiger partial charge in [0.15, 0.2) is 0 Å². The Kier molecular flexibility index (Phi) is 5.46. The smallest absolute Gasteiger partial charge is 0.274 e. The van der Waals surface area contributed by atoms with Crippen molar-refractivity contribution in [2.24, 2.45) is 0 Å². The summed E-state index contributed by atoms with van der Waals surface area (Å²) < 4.78 is 6.09. The Morgan fingerprint density at radius 2 is 1.90 bits per heavy atom. The number of carbonyl (C=O) groups is 1. The van der Waals surface area contributed by atoms with Gasteiger partial charge in [0.1, 0.15) is 17.1 Å². The molecular weight excluding hydrogens is 366 g/mol. The quantitative estimate of drug-likeness (QED) is 0.677. The maximum atomic E-state index is 12.9. The van der Waals surface area contributed by atoms with Crippen molar-refractivity contribution in [2.45, 2.75) is 32.6 Å². The first-order valence-electron chi connectivity index (χ1n) is 9.74. The average molecular weight is 389 g/mol. The first-order valence-corrected chi connectivity index (χ1v) is 9.74. The summed E-state index contributed by atoms with van der Waals surface area (Å²) in [4.78, 5) is 32.1. The molecule has 0 unspecified atom stereocenters. The lowest BCUT2D eigenvalue weighted by Crippen LogP contribution is -2.39. The highest BCUT2D eigenvalue weighted by atomic mass is 16.5. The van der Waals surface area contributed by atoms with Crippen molar-refractivity contribution in [3.05, 3.63) is 71.7 Å². The molecule has 3 aromatic rings. The molecule has 1 aliphatic heterocycles. The highest BCUT2D eigenvalue weighted by molar-refractivity contribution is 5.92. The zero-order valence-corrected chi connectivity index (χ0v) is 16.6. The molecule has 0 saturated carbocycles. The Balaban J connectivity index is 1.55. The fraction of sp³-hybridized carbons (Fsp3) is 0.318. The molecule has 0 N–H and O–H groups in total. The van der Waals surface area contributed by atoms with Crippen LogP contribution >= 0.6 is 0 Å². The number of nitrogens with zero attached hydrogens (tertiary/aromatic N) is 5. The minimum absolute atomic E-state index is 0.0545. The van der Waals surface area contributed by atoms with Gasteiger partial charge in [0.2, 0.25) is 5.88 Å². The third-order valence-corrected chi connectivity index (χ3v) is 5.09. The Labute approximate surface area is 169 Å². The number of benzene rings is 1. The molecule has 0 aliphatic carbocycles. The molecule has 1 atom stereocenters. The number of amides is 1. The second-order valence-electron chi connectivity index (χ2n) is 7.25. The van der Waals surface area contributed by atoms with E-state index < -0.39 is 0 Å². The zero-order chi connectivity index (χ0) is 20.2. The Bertz CT molecular complexity index is 1010. The molecule has 0 bridgehead atoms. The predicted octanol–water partition coefficient (Wildman–Crippen LogP) is 3.70. The maximum Gasteiger partial charge on any atom is 0.274 e. The van der Waals surface area contributed by atoms with Gasteiger partial charge < -0.3 is 9.64 Å². The summed E-state index contributed by atoms with van der Waals surface area (Å²) in [6, 6.07) is 7.82. The lowest BCUT2D eigenvalue weighted by Gasteiger charge is -2.32. The van der Waals surface area contributed by atoms with Crippen LogP contribution in [-0.4, -0.2) is 43.8 Å². The first-order chi connectivity index (χ1) is 14.1. The van der Waals surface area contributed by atoms with Gasteiger partial charge >= 0.3 is 0 Å². The van der Waals surface area contributed by atoms with Crippen molar-refractivity contribution in [2.75, 3.05) is 13.1 Å². The number of piperidine rings is 1. The van der Waals surface area contributed by atoms with Gasteiger partial charge in [-0.25, -0.2) is 9.97 Å². The van der Waals surface area contributed by atoms with Gasteiger partial charge in [0.25, 0.3) is 5.91 Å². The van der Waals surface area contributed by atoms with Crippen molar-refractivity contribution >= 4 is 5.91 Å². The molecule has 1 amide bonds. The van der Waals surface area contributed by atoms with Gasteiger partial charge in [-0.2, -0.15) is 0 Å². The summed E-state index contributed by atoms with van der Waals surface area (Å²) >= 11 is 0. The van der Waals surface area contributed by atoms with Crippen LogP contribution in [0.3, 0.4) is 0 Å². The fourth-order valence-electron chi connectivity index (χ4n) is 3.52. The Hall–Kier alpha value is -3.35. The van der Waals surface area contributed by atoms with E-state index in [0.717, 1.165) is 35.5 Å². The highest BCUT2D eigenvalue weighted by Crippen LogP contribution is 2.33. The summed E-state index contributed by atoms with van der Waals surface area (Å²) in [5, 5.41) is 0. The number of rotatable bonds is 4. The van der Waals surface area contributed by atoms with Crippen molar-refractivity contribution < 1.29 is 9.53 Å². The normalized spacial score (nSPS) is 16.5. The lowest BCUT2D eigenvalue weighted by atomic mass is 9.94. The number of carbonyl (C=O) groups excluding carboxylic acids is 1. The minimum atomic E-state index is -0.104. The van der Waals surface area contributed by atoms with E-state index in [1.807, 2.05) is 43.0 Å². The van der Waals surface area contributed by atoms with Crippen LogP contribution < -0.4 is 4.74 Å². The van der Waals surface area contributed by atoms with E-state index >= 15 is 0 Å². The van der Waals surface area contributed by atoms with Crippen LogP contribution in [0.2, 0.25) is 0 Å². The maximum absolute atomic E-state index is 12.9. The summed E-state index contributed by atoms with van der Waals surface area (Å²) in [5.41, 5.74) is 2.97. The molecule has 0 spiro atoms. The lowest BCUT2D eigenvalue weighted by molar-refractivity contribution is 0.0698. The second kappa shape index (κ2) is 8.34. The molecule has 29 heavy (non-hydrogen) atoms. The molecule has 148 valence electrons. The molecule has 3 heterocycles. The largest absolute Gasteiger partial charge is 0.437 e. The number of aryl methyl sites for hydroxylation is 2. The highest BCUT2D eigenvalue weighted by Gasteiger charge is 2.29. The SMILES string of the molecule is Cc1cnc(C(=O)N2CCC[C@H](c3nccnc3Oc3ccccc3C)C2)cn1. The van der Waals surface area contributed by atoms with Crippen LogP contribution in [0, 0.1) is 13.8 Å². The van der Waals surface area contributed by atoms with Crippen LogP contribution in [0.25, 0.3) is 0 Å². The van der Waals surface area contributed by atoms with Gasteiger partial charge in [-0.15, -0.1) is 0 Å². The molecule has 7 heteroatoms. The zero-order valence-electron chi connectivity index (χ0n) is 16.6. The van der Waals surface area contributed by atoms with Gasteiger partial charge in [-0.1, -0.05) is 18.2 Å². The number of aromatic nitrogens is 4. The van der Waals surface area contributed by atoms with Crippen LogP contribution in [0.5, 0.6) is 11.6 Å². The molecule has 1 aromatic carbocycles. The van der Waals surface area contributed by atoms with Crippen LogP contribution in [-0.2, 0) is 0 Å². The van der Waals surface area contributed by atoms with E-state index in [9.17, 15) is 4.79 Å². The van der Waals surface area contributed by atoms with Crippen molar-refractivity contribution in [1.82, 2.24) is 24.8 Å². The minimum Gasteiger partial charge on any atom is -0.437 e. The van der Waals surface area contributed by atoms with Gasteiger partial charge in [-0.3, -0.25) is 14.8 Å². The van der Waals surface area contributed by atoms with Gasteiger partial charge in [0, 0.05) is 37.6 Å². The Morgan fingerprint density at radius 1 is 1.07 bits per heavy atom. The fourth-order valence-corrected chi connectivity index (χ4v) is 3.52. The molecule has 1 aliphatic rings. The van der Waals surface area contributed by atoms with E-state index in [1.54, 1.807) is 18.6 Å². The number of likely N-dealkylation sites (tertiary alicyclic amines) is 1. The molecule has 0 radical (unpaired) electrons. The van der Waals surface area contributed by atoms with Crippen LogP contribution in [0.1, 0.15) is 46.2 Å². The third kappa shape index (κ3) is 4.23. The molecule has 1 saturated heterocycles. The second-order valence-corrected chi connectivity index (χ2v) is 7.25. The van der Waals surface area contributed by atoms with E-state index in [1.165, 1.54) is 6.20 Å². The van der Waals surface area contributed by atoms with Crippen LogP contribution in [0.15, 0.2) is 49.1 Å². The van der Waals surface area contributed by atoms with Crippen molar-refractivity contribution in [3.8, 4) is 11.6 Å². The molecule has 4 rings (SSSR count). The van der Waals surface area contributed by atoms with Crippen molar-refractivity contribution in [1.29, 1.82) is 0 Å².